The molecule has 29 heavy (non-hydrogen) atoms. The second-order valence-electron chi connectivity index (χ2n) is 5.95. The monoisotopic (exact) mass is 400 g/mol. The van der Waals surface area contributed by atoms with E-state index in [2.05, 4.69) is 0 Å². The number of nitro groups is 1. The Labute approximate surface area is 160 Å². The molecule has 0 fully saturated rings. The maximum Gasteiger partial charge on any atom is 0.360 e. The van der Waals surface area contributed by atoms with Crippen molar-refractivity contribution in [3.8, 4) is 11.5 Å². The number of nitro benzene ring substituents is 1. The summed E-state index contributed by atoms with van der Waals surface area (Å²) < 4.78 is 5.14. The normalized spacial score (nSPS) is 10.7. The molecule has 1 amide bonds. The van der Waals surface area contributed by atoms with E-state index in [-0.39, 0.29) is 34.3 Å². The molecule has 3 N–H and O–H groups in total. The van der Waals surface area contributed by atoms with Crippen molar-refractivity contribution < 1.29 is 34.2 Å². The number of phenolic OH excluding ortho intramolecular Hbond substituents is 1. The molecule has 3 rings (SSSR count). The number of carbonyl (C=O) groups is 2. The van der Waals surface area contributed by atoms with Crippen molar-refractivity contribution in [2.24, 2.45) is 0 Å². The van der Waals surface area contributed by atoms with Crippen molar-refractivity contribution >= 4 is 40.4 Å². The van der Waals surface area contributed by atoms with Gasteiger partial charge in [-0.2, -0.15) is 0 Å². The summed E-state index contributed by atoms with van der Waals surface area (Å²) in [5.74, 6) is -2.66. The molecule has 0 saturated carbocycles. The topological polar surface area (TPSA) is 171 Å². The summed E-state index contributed by atoms with van der Waals surface area (Å²) in [6.45, 7) is 1.32. The molecular formula is C18H12N2O9. The lowest BCUT2D eigenvalue weighted by Gasteiger charge is -2.17. The molecule has 0 radical (unpaired) electrons. The van der Waals surface area contributed by atoms with Crippen LogP contribution in [0, 0.1) is 17.0 Å². The molecule has 0 atom stereocenters. The number of aromatic carboxylic acids is 1. The Balaban J connectivity index is 2.26. The smallest absolute Gasteiger partial charge is 0.360 e. The number of anilines is 2. The molecule has 0 saturated heterocycles. The minimum Gasteiger partial charge on any atom is -0.507 e. The van der Waals surface area contributed by atoms with Gasteiger partial charge < -0.3 is 19.7 Å². The van der Waals surface area contributed by atoms with Crippen molar-refractivity contribution in [2.45, 2.75) is 6.92 Å². The zero-order valence-electron chi connectivity index (χ0n) is 14.6. The van der Waals surface area contributed by atoms with Crippen LogP contribution >= 0.6 is 0 Å². The summed E-state index contributed by atoms with van der Waals surface area (Å²) in [5, 5.41) is 39.8. The molecule has 0 aliphatic heterocycles. The molecule has 1 heterocycles. The SMILES string of the molecule is Cc1c(O)c([N+](=O)[O-])cc2cc(N(C=O)c3ccc(O)c(C(=O)O)c3)c(=O)oc12. The number of phenols is 2. The van der Waals surface area contributed by atoms with Crippen LogP contribution in [-0.4, -0.2) is 32.6 Å². The molecule has 1 aromatic heterocycles. The second kappa shape index (κ2) is 6.96. The van der Waals surface area contributed by atoms with E-state index in [9.17, 15) is 34.7 Å². The predicted octanol–water partition coefficient (Wildman–Crippen LogP) is 2.41. The summed E-state index contributed by atoms with van der Waals surface area (Å²) in [6.07, 6.45) is 0.220. The number of hydrogen-bond donors (Lipinski definition) is 3. The summed E-state index contributed by atoms with van der Waals surface area (Å²) in [5.41, 5.74) is -2.69. The first-order valence-electron chi connectivity index (χ1n) is 7.91. The van der Waals surface area contributed by atoms with Gasteiger partial charge in [0.25, 0.3) is 0 Å². The second-order valence-corrected chi connectivity index (χ2v) is 5.95. The van der Waals surface area contributed by atoms with Gasteiger partial charge in [-0.25, -0.2) is 9.59 Å². The van der Waals surface area contributed by atoms with Crippen molar-refractivity contribution in [3.63, 3.8) is 0 Å². The predicted molar refractivity (Wildman–Crippen MR) is 98.8 cm³/mol. The van der Waals surface area contributed by atoms with Crippen molar-refractivity contribution in [2.75, 3.05) is 4.90 Å². The molecule has 148 valence electrons. The fourth-order valence-corrected chi connectivity index (χ4v) is 2.80. The van der Waals surface area contributed by atoms with Gasteiger partial charge in [-0.1, -0.05) is 0 Å². The molecule has 0 aliphatic rings. The Bertz CT molecular complexity index is 1250. The molecule has 0 unspecified atom stereocenters. The molecule has 11 heteroatoms. The van der Waals surface area contributed by atoms with Crippen LogP contribution in [0.25, 0.3) is 11.0 Å². The highest BCUT2D eigenvalue weighted by Crippen LogP contribution is 2.37. The highest BCUT2D eigenvalue weighted by atomic mass is 16.6. The third-order valence-corrected chi connectivity index (χ3v) is 4.24. The van der Waals surface area contributed by atoms with Crippen LogP contribution in [0.5, 0.6) is 11.5 Å². The Hall–Kier alpha value is -4.41. The van der Waals surface area contributed by atoms with E-state index in [0.29, 0.717) is 0 Å². The Kier molecular flexibility index (Phi) is 4.64. The summed E-state index contributed by atoms with van der Waals surface area (Å²) in [6, 6.07) is 5.32. The third kappa shape index (κ3) is 3.20. The van der Waals surface area contributed by atoms with Crippen molar-refractivity contribution in [3.05, 3.63) is 62.0 Å². The van der Waals surface area contributed by atoms with E-state index in [1.54, 1.807) is 0 Å². The summed E-state index contributed by atoms with van der Waals surface area (Å²) in [7, 11) is 0. The average Bonchev–Trinajstić information content (AvgIpc) is 2.67. The summed E-state index contributed by atoms with van der Waals surface area (Å²) in [4.78, 5) is 46.3. The van der Waals surface area contributed by atoms with E-state index >= 15 is 0 Å². The molecular weight excluding hydrogens is 388 g/mol. The van der Waals surface area contributed by atoms with Crippen LogP contribution in [-0.2, 0) is 4.79 Å². The van der Waals surface area contributed by atoms with Gasteiger partial charge in [0.15, 0.2) is 0 Å². The lowest BCUT2D eigenvalue weighted by Crippen LogP contribution is -2.21. The Morgan fingerprint density at radius 2 is 1.93 bits per heavy atom. The maximum absolute atomic E-state index is 12.4. The van der Waals surface area contributed by atoms with Crippen LogP contribution in [0.3, 0.4) is 0 Å². The highest BCUT2D eigenvalue weighted by molar-refractivity contribution is 5.96. The Morgan fingerprint density at radius 1 is 1.24 bits per heavy atom. The minimum atomic E-state index is -1.46. The molecule has 0 spiro atoms. The zero-order chi connectivity index (χ0) is 21.5. The van der Waals surface area contributed by atoms with Crippen LogP contribution in [0.15, 0.2) is 39.5 Å². The highest BCUT2D eigenvalue weighted by Gasteiger charge is 2.23. The maximum atomic E-state index is 12.4. The largest absolute Gasteiger partial charge is 0.507 e. The lowest BCUT2D eigenvalue weighted by atomic mass is 10.1. The van der Waals surface area contributed by atoms with E-state index in [1.807, 2.05) is 0 Å². The van der Waals surface area contributed by atoms with E-state index < -0.39 is 39.3 Å². The van der Waals surface area contributed by atoms with Gasteiger partial charge in [-0.15, -0.1) is 0 Å². The Morgan fingerprint density at radius 3 is 2.52 bits per heavy atom. The molecule has 3 aromatic rings. The molecule has 0 aliphatic carbocycles. The van der Waals surface area contributed by atoms with Crippen molar-refractivity contribution in [1.82, 2.24) is 0 Å². The van der Waals surface area contributed by atoms with Gasteiger partial charge in [0.1, 0.15) is 22.6 Å². The van der Waals surface area contributed by atoms with Gasteiger partial charge in [-0.05, 0) is 31.2 Å². The third-order valence-electron chi connectivity index (χ3n) is 4.24. The molecule has 2 aromatic carbocycles. The number of carboxylic acid groups (broad SMARTS) is 1. The number of rotatable bonds is 5. The number of benzene rings is 2. The number of fused-ring (bicyclic) bond motifs is 1. The standard InChI is InChI=1S/C18H12N2O9/c1-8-15(23)12(20(27)28)4-9-5-13(18(26)29-16(8)9)19(7-21)10-2-3-14(22)11(6-10)17(24)25/h2-7,22-23H,1H3,(H,24,25). The van der Waals surface area contributed by atoms with E-state index in [1.165, 1.54) is 13.0 Å². The summed E-state index contributed by atoms with van der Waals surface area (Å²) >= 11 is 0. The molecule has 11 nitrogen and oxygen atoms in total. The minimum absolute atomic E-state index is 0.0340. The first-order valence-corrected chi connectivity index (χ1v) is 7.91. The number of carbonyl (C=O) groups excluding carboxylic acids is 1. The number of amides is 1. The fraction of sp³-hybridized carbons (Fsp3) is 0.0556. The van der Waals surface area contributed by atoms with Crippen LogP contribution in [0.1, 0.15) is 15.9 Å². The van der Waals surface area contributed by atoms with Crippen LogP contribution in [0.4, 0.5) is 17.1 Å². The van der Waals surface area contributed by atoms with Gasteiger partial charge in [0.2, 0.25) is 12.2 Å². The number of carboxylic acids is 1. The van der Waals surface area contributed by atoms with Crippen LogP contribution < -0.4 is 10.5 Å². The van der Waals surface area contributed by atoms with Crippen molar-refractivity contribution in [1.29, 1.82) is 0 Å². The average molecular weight is 400 g/mol. The number of hydrogen-bond acceptors (Lipinski definition) is 8. The fourth-order valence-electron chi connectivity index (χ4n) is 2.80. The van der Waals surface area contributed by atoms with Gasteiger partial charge in [0, 0.05) is 17.0 Å². The molecule has 0 bridgehead atoms. The first-order chi connectivity index (χ1) is 13.6. The number of aryl methyl sites for hydroxylation is 1. The van der Waals surface area contributed by atoms with E-state index in [4.69, 9.17) is 9.52 Å². The number of nitrogens with zero attached hydrogens (tertiary/aromatic N) is 2. The lowest BCUT2D eigenvalue weighted by molar-refractivity contribution is -0.385. The van der Waals surface area contributed by atoms with E-state index in [0.717, 1.165) is 29.2 Å². The number of aromatic hydroxyl groups is 2. The van der Waals surface area contributed by atoms with Gasteiger partial charge >= 0.3 is 17.3 Å². The first kappa shape index (κ1) is 19.4. The van der Waals surface area contributed by atoms with Crippen LogP contribution in [0.2, 0.25) is 0 Å². The zero-order valence-corrected chi connectivity index (χ0v) is 14.6. The van der Waals surface area contributed by atoms with Gasteiger partial charge in [0.05, 0.1) is 10.6 Å². The quantitative estimate of drug-likeness (QED) is 0.252. The van der Waals surface area contributed by atoms with Gasteiger partial charge in [-0.3, -0.25) is 19.8 Å².